The summed E-state index contributed by atoms with van der Waals surface area (Å²) in [6, 6.07) is 9.88. The van der Waals surface area contributed by atoms with E-state index in [9.17, 15) is 4.79 Å². The molecule has 2 aliphatic rings. The number of hydrogen-bond donors (Lipinski definition) is 0. The van der Waals surface area contributed by atoms with Crippen molar-refractivity contribution in [2.45, 2.75) is 50.7 Å². The van der Waals surface area contributed by atoms with E-state index in [1.807, 2.05) is 35.2 Å². The van der Waals surface area contributed by atoms with Gasteiger partial charge in [-0.3, -0.25) is 4.79 Å². The first-order valence-corrected chi connectivity index (χ1v) is 11.2. The van der Waals surface area contributed by atoms with Gasteiger partial charge in [-0.25, -0.2) is 0 Å². The number of ether oxygens (including phenoxy) is 3. The topological polar surface area (TPSA) is 86.9 Å². The molecule has 1 aromatic carbocycles. The largest absolute Gasteiger partial charge is 0.381 e. The maximum atomic E-state index is 12.5. The molecule has 8 nitrogen and oxygen atoms in total. The van der Waals surface area contributed by atoms with E-state index in [4.69, 9.17) is 18.7 Å². The molecule has 0 aliphatic carbocycles. The van der Waals surface area contributed by atoms with Crippen molar-refractivity contribution in [1.82, 2.24) is 15.0 Å². The summed E-state index contributed by atoms with van der Waals surface area (Å²) >= 11 is 0. The van der Waals surface area contributed by atoms with Crippen LogP contribution in [-0.4, -0.2) is 66.6 Å². The Morgan fingerprint density at radius 3 is 2.84 bits per heavy atom. The lowest BCUT2D eigenvalue weighted by Crippen LogP contribution is -2.44. The third-order valence-corrected chi connectivity index (χ3v) is 5.80. The molecule has 3 heterocycles. The average molecular weight is 430 g/mol. The summed E-state index contributed by atoms with van der Waals surface area (Å²) in [6.45, 7) is 3.92. The van der Waals surface area contributed by atoms with E-state index < -0.39 is 0 Å². The van der Waals surface area contributed by atoms with Crippen LogP contribution in [0.3, 0.4) is 0 Å². The predicted molar refractivity (Wildman–Crippen MR) is 112 cm³/mol. The van der Waals surface area contributed by atoms with Crippen molar-refractivity contribution in [3.63, 3.8) is 0 Å². The van der Waals surface area contributed by atoms with Crippen LogP contribution in [0.1, 0.15) is 48.9 Å². The molecule has 2 fully saturated rings. The molecule has 0 radical (unpaired) electrons. The van der Waals surface area contributed by atoms with Crippen molar-refractivity contribution in [2.75, 3.05) is 39.5 Å². The zero-order chi connectivity index (χ0) is 21.3. The van der Waals surface area contributed by atoms with E-state index >= 15 is 0 Å². The first-order valence-electron chi connectivity index (χ1n) is 11.2. The second-order valence-electron chi connectivity index (χ2n) is 8.14. The van der Waals surface area contributed by atoms with Crippen LogP contribution in [0.25, 0.3) is 0 Å². The van der Waals surface area contributed by atoms with Crippen LogP contribution in [0, 0.1) is 0 Å². The molecule has 2 aromatic rings. The molecule has 1 amide bonds. The van der Waals surface area contributed by atoms with Gasteiger partial charge in [-0.15, -0.1) is 0 Å². The minimum absolute atomic E-state index is 0.0171. The zero-order valence-electron chi connectivity index (χ0n) is 17.9. The van der Waals surface area contributed by atoms with Gasteiger partial charge in [0.2, 0.25) is 11.8 Å². The standard InChI is InChI=1S/C23H31N3O5/c27-22(17-29-16-18-5-2-1-3-6-18)26-11-4-7-20(15-26)30-14-10-21-24-23(31-25-21)19-8-12-28-13-9-19/h1-3,5-6,19-20H,4,7-17H2. The number of aromatic nitrogens is 2. The molecule has 0 N–H and O–H groups in total. The Bertz CT molecular complexity index is 807. The lowest BCUT2D eigenvalue weighted by Gasteiger charge is -2.32. The Morgan fingerprint density at radius 1 is 1.16 bits per heavy atom. The van der Waals surface area contributed by atoms with Crippen molar-refractivity contribution in [3.05, 3.63) is 47.6 Å². The average Bonchev–Trinajstić information content (AvgIpc) is 3.29. The summed E-state index contributed by atoms with van der Waals surface area (Å²) in [6.07, 6.45) is 4.39. The molecule has 0 bridgehead atoms. The quantitative estimate of drug-likeness (QED) is 0.606. The molecule has 31 heavy (non-hydrogen) atoms. The van der Waals surface area contributed by atoms with Gasteiger partial charge < -0.3 is 23.6 Å². The Hall–Kier alpha value is -2.29. The number of piperidine rings is 1. The predicted octanol–water partition coefficient (Wildman–Crippen LogP) is 2.73. The minimum atomic E-state index is 0.0171. The van der Waals surface area contributed by atoms with Crippen LogP contribution < -0.4 is 0 Å². The Balaban J connectivity index is 1.15. The van der Waals surface area contributed by atoms with Crippen LogP contribution in [0.15, 0.2) is 34.9 Å². The van der Waals surface area contributed by atoms with Crippen molar-refractivity contribution >= 4 is 5.91 Å². The van der Waals surface area contributed by atoms with Crippen LogP contribution in [-0.2, 0) is 32.0 Å². The van der Waals surface area contributed by atoms with Gasteiger partial charge in [-0.1, -0.05) is 35.5 Å². The van der Waals surface area contributed by atoms with Gasteiger partial charge in [-0.05, 0) is 31.2 Å². The number of hydrogen-bond acceptors (Lipinski definition) is 7. The number of nitrogens with zero attached hydrogens (tertiary/aromatic N) is 3. The molecular formula is C23H31N3O5. The number of rotatable bonds is 9. The molecule has 0 saturated carbocycles. The first-order chi connectivity index (χ1) is 15.3. The fraction of sp³-hybridized carbons (Fsp3) is 0.609. The molecule has 4 rings (SSSR count). The number of likely N-dealkylation sites (tertiary alicyclic amines) is 1. The highest BCUT2D eigenvalue weighted by Gasteiger charge is 2.25. The van der Waals surface area contributed by atoms with Gasteiger partial charge in [0.25, 0.3) is 0 Å². The van der Waals surface area contributed by atoms with Crippen molar-refractivity contribution in [1.29, 1.82) is 0 Å². The monoisotopic (exact) mass is 429 g/mol. The molecular weight excluding hydrogens is 398 g/mol. The van der Waals surface area contributed by atoms with E-state index in [0.29, 0.717) is 43.8 Å². The van der Waals surface area contributed by atoms with Gasteiger partial charge >= 0.3 is 0 Å². The summed E-state index contributed by atoms with van der Waals surface area (Å²) in [5.74, 6) is 1.71. The van der Waals surface area contributed by atoms with E-state index in [2.05, 4.69) is 10.1 Å². The number of carbonyl (C=O) groups excluding carboxylic acids is 1. The van der Waals surface area contributed by atoms with Crippen molar-refractivity contribution in [2.24, 2.45) is 0 Å². The zero-order valence-corrected chi connectivity index (χ0v) is 17.9. The second kappa shape index (κ2) is 11.4. The fourth-order valence-electron chi connectivity index (χ4n) is 4.02. The summed E-state index contributed by atoms with van der Waals surface area (Å²) in [5.41, 5.74) is 1.07. The molecule has 1 aromatic heterocycles. The van der Waals surface area contributed by atoms with E-state index in [1.165, 1.54) is 0 Å². The maximum Gasteiger partial charge on any atom is 0.248 e. The SMILES string of the molecule is O=C(COCc1ccccc1)N1CCCC(OCCc2noc(C3CCOCC3)n2)C1. The highest BCUT2D eigenvalue weighted by atomic mass is 16.5. The highest BCUT2D eigenvalue weighted by molar-refractivity contribution is 5.77. The molecule has 0 spiro atoms. The van der Waals surface area contributed by atoms with E-state index in [-0.39, 0.29) is 18.6 Å². The first kappa shape index (κ1) is 21.9. The molecule has 8 heteroatoms. The number of benzene rings is 1. The van der Waals surface area contributed by atoms with Crippen molar-refractivity contribution in [3.8, 4) is 0 Å². The normalized spacial score (nSPS) is 20.1. The Labute approximate surface area is 182 Å². The lowest BCUT2D eigenvalue weighted by molar-refractivity contribution is -0.140. The number of carbonyl (C=O) groups is 1. The minimum Gasteiger partial charge on any atom is -0.381 e. The van der Waals surface area contributed by atoms with Crippen molar-refractivity contribution < 1.29 is 23.5 Å². The summed E-state index contributed by atoms with van der Waals surface area (Å²) < 4.78 is 22.4. The maximum absolute atomic E-state index is 12.5. The molecule has 2 aliphatic heterocycles. The van der Waals surface area contributed by atoms with E-state index in [1.54, 1.807) is 0 Å². The lowest BCUT2D eigenvalue weighted by atomic mass is 10.0. The Kier molecular flexibility index (Phi) is 8.04. The third kappa shape index (κ3) is 6.59. The molecule has 1 atom stereocenters. The van der Waals surface area contributed by atoms with Gasteiger partial charge in [0.05, 0.1) is 19.3 Å². The van der Waals surface area contributed by atoms with Gasteiger partial charge in [0.15, 0.2) is 5.82 Å². The molecule has 2 saturated heterocycles. The van der Waals surface area contributed by atoms with Gasteiger partial charge in [0.1, 0.15) is 6.61 Å². The number of amides is 1. The third-order valence-electron chi connectivity index (χ3n) is 5.80. The summed E-state index contributed by atoms with van der Waals surface area (Å²) in [4.78, 5) is 18.9. The van der Waals surface area contributed by atoms with Gasteiger partial charge in [0, 0.05) is 38.6 Å². The van der Waals surface area contributed by atoms with Crippen LogP contribution >= 0.6 is 0 Å². The summed E-state index contributed by atoms with van der Waals surface area (Å²) in [7, 11) is 0. The summed E-state index contributed by atoms with van der Waals surface area (Å²) in [5, 5.41) is 4.09. The highest BCUT2D eigenvalue weighted by Crippen LogP contribution is 2.25. The van der Waals surface area contributed by atoms with E-state index in [0.717, 1.165) is 51.0 Å². The molecule has 168 valence electrons. The Morgan fingerprint density at radius 2 is 2.00 bits per heavy atom. The van der Waals surface area contributed by atoms with Crippen LogP contribution in [0.2, 0.25) is 0 Å². The van der Waals surface area contributed by atoms with Crippen LogP contribution in [0.5, 0.6) is 0 Å². The smallest absolute Gasteiger partial charge is 0.248 e. The fourth-order valence-corrected chi connectivity index (χ4v) is 4.02. The second-order valence-corrected chi connectivity index (χ2v) is 8.14. The molecule has 1 unspecified atom stereocenters. The van der Waals surface area contributed by atoms with Crippen LogP contribution in [0.4, 0.5) is 0 Å². The van der Waals surface area contributed by atoms with Gasteiger partial charge in [-0.2, -0.15) is 4.98 Å².